The molecular formula is C12H15BrN2O5. The summed E-state index contributed by atoms with van der Waals surface area (Å²) in [5.41, 5.74) is 0.117. The molecule has 1 aromatic rings. The van der Waals surface area contributed by atoms with E-state index in [1.165, 1.54) is 25.3 Å². The lowest BCUT2D eigenvalue weighted by molar-refractivity contribution is -0.385. The van der Waals surface area contributed by atoms with E-state index in [0.29, 0.717) is 18.7 Å². The molecule has 0 bridgehead atoms. The molecule has 1 unspecified atom stereocenters. The first-order chi connectivity index (χ1) is 9.49. The van der Waals surface area contributed by atoms with E-state index in [0.717, 1.165) is 0 Å². The van der Waals surface area contributed by atoms with E-state index in [2.05, 4.69) is 21.2 Å². The molecule has 0 radical (unpaired) electrons. The number of methoxy groups -OCH3 is 2. The largest absolute Gasteiger partial charge is 0.490 e. The van der Waals surface area contributed by atoms with E-state index < -0.39 is 4.92 Å². The molecule has 1 rings (SSSR count). The summed E-state index contributed by atoms with van der Waals surface area (Å²) in [6.45, 7) is 0.843. The van der Waals surface area contributed by atoms with Crippen LogP contribution in [0.2, 0.25) is 0 Å². The van der Waals surface area contributed by atoms with Crippen LogP contribution < -0.4 is 10.1 Å². The van der Waals surface area contributed by atoms with Crippen molar-refractivity contribution in [3.8, 4) is 5.75 Å². The van der Waals surface area contributed by atoms with Gasteiger partial charge in [-0.2, -0.15) is 0 Å². The van der Waals surface area contributed by atoms with Crippen LogP contribution in [-0.2, 0) is 4.74 Å². The third-order valence-corrected chi connectivity index (χ3v) is 3.06. The summed E-state index contributed by atoms with van der Waals surface area (Å²) < 4.78 is 9.84. The van der Waals surface area contributed by atoms with E-state index in [-0.39, 0.29) is 22.2 Å². The van der Waals surface area contributed by atoms with Crippen LogP contribution in [0.25, 0.3) is 0 Å². The second kappa shape index (κ2) is 7.81. The van der Waals surface area contributed by atoms with Gasteiger partial charge in [-0.3, -0.25) is 14.9 Å². The van der Waals surface area contributed by atoms with Gasteiger partial charge in [-0.1, -0.05) is 15.9 Å². The number of hydrogen-bond donors (Lipinski definition) is 1. The smallest absolute Gasteiger partial charge is 0.310 e. The number of benzene rings is 1. The highest BCUT2D eigenvalue weighted by Gasteiger charge is 2.17. The molecule has 110 valence electrons. The predicted molar refractivity (Wildman–Crippen MR) is 76.6 cm³/mol. The predicted octanol–water partition coefficient (Wildman–Crippen LogP) is 1.74. The fraction of sp³-hybridized carbons (Fsp3) is 0.417. The quantitative estimate of drug-likeness (QED) is 0.461. The maximum absolute atomic E-state index is 11.9. The molecule has 1 aromatic carbocycles. The Kier molecular flexibility index (Phi) is 6.40. The van der Waals surface area contributed by atoms with Crippen molar-refractivity contribution in [3.05, 3.63) is 33.9 Å². The molecule has 0 aliphatic rings. The van der Waals surface area contributed by atoms with E-state index in [9.17, 15) is 14.9 Å². The number of nitro benzene ring substituents is 1. The van der Waals surface area contributed by atoms with Gasteiger partial charge in [-0.05, 0) is 6.07 Å². The zero-order chi connectivity index (χ0) is 15.1. The first kappa shape index (κ1) is 16.4. The van der Waals surface area contributed by atoms with E-state index in [1.807, 2.05) is 0 Å². The van der Waals surface area contributed by atoms with Crippen LogP contribution in [-0.4, -0.2) is 43.0 Å². The number of nitrogens with zero attached hydrogens (tertiary/aromatic N) is 1. The molecule has 0 spiro atoms. The lowest BCUT2D eigenvalue weighted by atomic mass is 10.1. The molecule has 1 amide bonds. The standard InChI is InChI=1S/C12H15BrN2O5/c1-19-7-9(13)6-14-12(16)8-3-4-10(15(17)18)11(5-8)20-2/h3-5,9H,6-7H2,1-2H3,(H,14,16). The number of nitrogens with one attached hydrogen (secondary N) is 1. The molecule has 0 aromatic heterocycles. The van der Waals surface area contributed by atoms with Gasteiger partial charge in [0, 0.05) is 31.4 Å². The van der Waals surface area contributed by atoms with Crippen molar-refractivity contribution >= 4 is 27.5 Å². The fourth-order valence-electron chi connectivity index (χ4n) is 1.51. The van der Waals surface area contributed by atoms with Crippen LogP contribution in [0, 0.1) is 10.1 Å². The Morgan fingerprint density at radius 3 is 2.75 bits per heavy atom. The number of ether oxygens (including phenoxy) is 2. The van der Waals surface area contributed by atoms with Crippen molar-refractivity contribution in [2.45, 2.75) is 4.83 Å². The average Bonchev–Trinajstić information content (AvgIpc) is 2.44. The summed E-state index contributed by atoms with van der Waals surface area (Å²) in [6, 6.07) is 3.97. The maximum atomic E-state index is 11.9. The minimum Gasteiger partial charge on any atom is -0.490 e. The molecule has 0 fully saturated rings. The highest BCUT2D eigenvalue weighted by Crippen LogP contribution is 2.27. The van der Waals surface area contributed by atoms with Gasteiger partial charge >= 0.3 is 5.69 Å². The van der Waals surface area contributed by atoms with E-state index in [1.54, 1.807) is 7.11 Å². The SMILES string of the molecule is COCC(Br)CNC(=O)c1ccc([N+](=O)[O-])c(OC)c1. The molecule has 0 saturated heterocycles. The van der Waals surface area contributed by atoms with Crippen LogP contribution in [0.5, 0.6) is 5.75 Å². The summed E-state index contributed by atoms with van der Waals surface area (Å²) in [5, 5.41) is 13.4. The number of halogens is 1. The van der Waals surface area contributed by atoms with Gasteiger partial charge in [0.15, 0.2) is 5.75 Å². The molecule has 0 aliphatic heterocycles. The summed E-state index contributed by atoms with van der Waals surface area (Å²) >= 11 is 3.34. The normalized spacial score (nSPS) is 11.8. The zero-order valence-corrected chi connectivity index (χ0v) is 12.7. The van der Waals surface area contributed by atoms with Crippen molar-refractivity contribution in [1.82, 2.24) is 5.32 Å². The monoisotopic (exact) mass is 346 g/mol. The van der Waals surface area contributed by atoms with Gasteiger partial charge in [0.05, 0.1) is 23.5 Å². The summed E-state index contributed by atoms with van der Waals surface area (Å²) in [6.07, 6.45) is 0. The van der Waals surface area contributed by atoms with Crippen molar-refractivity contribution in [2.24, 2.45) is 0 Å². The van der Waals surface area contributed by atoms with Gasteiger partial charge in [0.25, 0.3) is 5.91 Å². The second-order valence-electron chi connectivity index (χ2n) is 3.91. The van der Waals surface area contributed by atoms with Gasteiger partial charge in [0.1, 0.15) is 0 Å². The van der Waals surface area contributed by atoms with Crippen molar-refractivity contribution < 1.29 is 19.2 Å². The first-order valence-electron chi connectivity index (χ1n) is 5.73. The fourth-order valence-corrected chi connectivity index (χ4v) is 1.94. The van der Waals surface area contributed by atoms with Crippen LogP contribution in [0.15, 0.2) is 18.2 Å². The van der Waals surface area contributed by atoms with Crippen LogP contribution in [0.1, 0.15) is 10.4 Å². The topological polar surface area (TPSA) is 90.7 Å². The highest BCUT2D eigenvalue weighted by atomic mass is 79.9. The van der Waals surface area contributed by atoms with Gasteiger partial charge in [0.2, 0.25) is 0 Å². The number of amides is 1. The molecule has 8 heteroatoms. The Morgan fingerprint density at radius 2 is 2.20 bits per heavy atom. The van der Waals surface area contributed by atoms with E-state index in [4.69, 9.17) is 9.47 Å². The molecule has 0 heterocycles. The van der Waals surface area contributed by atoms with Crippen molar-refractivity contribution in [2.75, 3.05) is 27.4 Å². The second-order valence-corrected chi connectivity index (χ2v) is 5.20. The van der Waals surface area contributed by atoms with Crippen molar-refractivity contribution in [1.29, 1.82) is 0 Å². The number of hydrogen-bond acceptors (Lipinski definition) is 5. The average molecular weight is 347 g/mol. The van der Waals surface area contributed by atoms with Crippen LogP contribution in [0.3, 0.4) is 0 Å². The molecule has 1 atom stereocenters. The number of rotatable bonds is 7. The number of nitro groups is 1. The number of carbonyl (C=O) groups excluding carboxylic acids is 1. The number of alkyl halides is 1. The van der Waals surface area contributed by atoms with E-state index >= 15 is 0 Å². The summed E-state index contributed by atoms with van der Waals surface area (Å²) in [4.78, 5) is 22.1. The Bertz CT molecular complexity index is 495. The Balaban J connectivity index is 2.76. The summed E-state index contributed by atoms with van der Waals surface area (Å²) in [5.74, 6) is -0.284. The Morgan fingerprint density at radius 1 is 1.50 bits per heavy atom. The lowest BCUT2D eigenvalue weighted by Gasteiger charge is -2.10. The molecular weight excluding hydrogens is 332 g/mol. The Labute approximate surface area is 124 Å². The third kappa shape index (κ3) is 4.46. The van der Waals surface area contributed by atoms with Crippen LogP contribution in [0.4, 0.5) is 5.69 Å². The molecule has 1 N–H and O–H groups in total. The number of carbonyl (C=O) groups is 1. The third-order valence-electron chi connectivity index (χ3n) is 2.47. The van der Waals surface area contributed by atoms with Gasteiger partial charge < -0.3 is 14.8 Å². The highest BCUT2D eigenvalue weighted by molar-refractivity contribution is 9.09. The maximum Gasteiger partial charge on any atom is 0.310 e. The van der Waals surface area contributed by atoms with Crippen LogP contribution >= 0.6 is 15.9 Å². The molecule has 0 saturated carbocycles. The Hall–Kier alpha value is -1.67. The van der Waals surface area contributed by atoms with Gasteiger partial charge in [-0.25, -0.2) is 0 Å². The minimum atomic E-state index is -0.562. The van der Waals surface area contributed by atoms with Crippen molar-refractivity contribution in [3.63, 3.8) is 0 Å². The van der Waals surface area contributed by atoms with Gasteiger partial charge in [-0.15, -0.1) is 0 Å². The molecule has 7 nitrogen and oxygen atoms in total. The first-order valence-corrected chi connectivity index (χ1v) is 6.64. The summed E-state index contributed by atoms with van der Waals surface area (Å²) in [7, 11) is 2.88. The molecule has 20 heavy (non-hydrogen) atoms. The zero-order valence-electron chi connectivity index (χ0n) is 11.1. The lowest BCUT2D eigenvalue weighted by Crippen LogP contribution is -2.31. The molecule has 0 aliphatic carbocycles. The minimum absolute atomic E-state index is 0.00334.